The van der Waals surface area contributed by atoms with Gasteiger partial charge in [-0.3, -0.25) is 10.1 Å². The van der Waals surface area contributed by atoms with E-state index in [-0.39, 0.29) is 5.69 Å². The summed E-state index contributed by atoms with van der Waals surface area (Å²) in [4.78, 5) is 14.3. The highest BCUT2D eigenvalue weighted by molar-refractivity contribution is 5.61. The molecule has 1 aromatic carbocycles. The molecule has 0 saturated carbocycles. The smallest absolute Gasteiger partial charge is 0.295 e. The quantitative estimate of drug-likeness (QED) is 0.651. The molecular weight excluding hydrogens is 263 g/mol. The Kier molecular flexibility index (Phi) is 4.29. The Morgan fingerprint density at radius 2 is 2.30 bits per heavy atom. The molecule has 0 saturated heterocycles. The molecule has 106 valence electrons. The first kappa shape index (κ1) is 14.0. The minimum Gasteiger partial charge on any atom is -0.374 e. The lowest BCUT2D eigenvalue weighted by atomic mass is 10.2. The summed E-state index contributed by atoms with van der Waals surface area (Å²) >= 11 is 0. The first-order valence-electron chi connectivity index (χ1n) is 6.28. The fourth-order valence-corrected chi connectivity index (χ4v) is 1.93. The van der Waals surface area contributed by atoms with Gasteiger partial charge in [-0.15, -0.1) is 0 Å². The predicted molar refractivity (Wildman–Crippen MR) is 72.9 cm³/mol. The van der Waals surface area contributed by atoms with Gasteiger partial charge in [-0.05, 0) is 18.6 Å². The van der Waals surface area contributed by atoms with E-state index in [1.54, 1.807) is 12.5 Å². The Morgan fingerprint density at radius 1 is 1.50 bits per heavy atom. The molecule has 1 N–H and O–H groups in total. The lowest BCUT2D eigenvalue weighted by molar-refractivity contribution is -0.384. The van der Waals surface area contributed by atoms with Gasteiger partial charge in [0.2, 0.25) is 0 Å². The van der Waals surface area contributed by atoms with Crippen LogP contribution < -0.4 is 5.32 Å². The number of aryl methyl sites for hydroxylation is 1. The number of nitro groups is 1. The third-order valence-corrected chi connectivity index (χ3v) is 2.88. The third kappa shape index (κ3) is 3.11. The minimum absolute atomic E-state index is 0.272. The van der Waals surface area contributed by atoms with Crippen molar-refractivity contribution in [2.24, 2.45) is 0 Å². The Morgan fingerprint density at radius 3 is 3.00 bits per heavy atom. The molecule has 0 radical (unpaired) electrons. The molecule has 0 aliphatic rings. The Hall–Kier alpha value is -2.44. The molecular formula is C13H15FN4O2. The number of anilines is 1. The number of benzene rings is 1. The maximum absolute atomic E-state index is 13.0. The van der Waals surface area contributed by atoms with Gasteiger partial charge in [-0.25, -0.2) is 9.37 Å². The monoisotopic (exact) mass is 278 g/mol. The van der Waals surface area contributed by atoms with Gasteiger partial charge >= 0.3 is 0 Å². The number of aromatic nitrogens is 2. The molecule has 0 fully saturated rings. The van der Waals surface area contributed by atoms with E-state index in [1.807, 2.05) is 4.57 Å². The second kappa shape index (κ2) is 6.14. The van der Waals surface area contributed by atoms with Crippen LogP contribution in [-0.4, -0.2) is 14.5 Å². The summed E-state index contributed by atoms with van der Waals surface area (Å²) in [5, 5.41) is 13.8. The van der Waals surface area contributed by atoms with Gasteiger partial charge in [0.1, 0.15) is 11.5 Å². The van der Waals surface area contributed by atoms with Crippen LogP contribution in [0.5, 0.6) is 0 Å². The lowest BCUT2D eigenvalue weighted by Crippen LogP contribution is -2.08. The van der Waals surface area contributed by atoms with Crippen LogP contribution in [0.4, 0.5) is 15.8 Å². The number of nitrogens with one attached hydrogen (secondary N) is 1. The second-order valence-electron chi connectivity index (χ2n) is 4.35. The van der Waals surface area contributed by atoms with Gasteiger partial charge in [-0.1, -0.05) is 6.92 Å². The third-order valence-electron chi connectivity index (χ3n) is 2.88. The highest BCUT2D eigenvalue weighted by Crippen LogP contribution is 2.25. The number of nitrogens with zero attached hydrogens (tertiary/aromatic N) is 3. The molecule has 0 bridgehead atoms. The van der Waals surface area contributed by atoms with Crippen molar-refractivity contribution in [2.75, 3.05) is 5.32 Å². The fraction of sp³-hybridized carbons (Fsp3) is 0.308. The van der Waals surface area contributed by atoms with Crippen LogP contribution in [0, 0.1) is 15.9 Å². The van der Waals surface area contributed by atoms with Gasteiger partial charge in [0.25, 0.3) is 5.69 Å². The average molecular weight is 278 g/mol. The zero-order valence-corrected chi connectivity index (χ0v) is 11.0. The van der Waals surface area contributed by atoms with E-state index < -0.39 is 10.7 Å². The molecule has 0 aliphatic heterocycles. The van der Waals surface area contributed by atoms with E-state index in [2.05, 4.69) is 17.2 Å². The molecule has 2 aromatic rings. The molecule has 20 heavy (non-hydrogen) atoms. The van der Waals surface area contributed by atoms with Crippen LogP contribution in [0.3, 0.4) is 0 Å². The van der Waals surface area contributed by atoms with Gasteiger partial charge in [0.15, 0.2) is 0 Å². The molecule has 0 aliphatic carbocycles. The van der Waals surface area contributed by atoms with Crippen molar-refractivity contribution in [3.63, 3.8) is 0 Å². The van der Waals surface area contributed by atoms with Gasteiger partial charge in [0.05, 0.1) is 29.6 Å². The number of imidazole rings is 1. The van der Waals surface area contributed by atoms with E-state index >= 15 is 0 Å². The molecule has 0 amide bonds. The summed E-state index contributed by atoms with van der Waals surface area (Å²) in [6, 6.07) is 3.47. The summed E-state index contributed by atoms with van der Waals surface area (Å²) < 4.78 is 15.0. The van der Waals surface area contributed by atoms with Crippen molar-refractivity contribution in [1.29, 1.82) is 0 Å². The van der Waals surface area contributed by atoms with Gasteiger partial charge in [0, 0.05) is 12.7 Å². The highest BCUT2D eigenvalue weighted by atomic mass is 19.1. The van der Waals surface area contributed by atoms with Crippen molar-refractivity contribution in [2.45, 2.75) is 26.4 Å². The SMILES string of the molecule is CCCn1cncc1CNc1ccc(F)cc1[N+](=O)[O-]. The van der Waals surface area contributed by atoms with Crippen molar-refractivity contribution in [3.8, 4) is 0 Å². The molecule has 0 spiro atoms. The lowest BCUT2D eigenvalue weighted by Gasteiger charge is -2.09. The Bertz CT molecular complexity index is 612. The number of nitro benzene ring substituents is 1. The van der Waals surface area contributed by atoms with Gasteiger partial charge < -0.3 is 9.88 Å². The largest absolute Gasteiger partial charge is 0.374 e. The summed E-state index contributed by atoms with van der Waals surface area (Å²) in [6.45, 7) is 3.29. The van der Waals surface area contributed by atoms with Crippen molar-refractivity contribution < 1.29 is 9.31 Å². The van der Waals surface area contributed by atoms with Crippen molar-refractivity contribution in [3.05, 3.63) is 52.3 Å². The number of rotatable bonds is 6. The summed E-state index contributed by atoms with van der Waals surface area (Å²) in [5.74, 6) is -0.627. The van der Waals surface area contributed by atoms with Gasteiger partial charge in [-0.2, -0.15) is 0 Å². The van der Waals surface area contributed by atoms with E-state index in [0.717, 1.165) is 24.7 Å². The minimum atomic E-state index is -0.627. The molecule has 7 heteroatoms. The maximum atomic E-state index is 13.0. The topological polar surface area (TPSA) is 73.0 Å². The van der Waals surface area contributed by atoms with E-state index in [4.69, 9.17) is 0 Å². The number of hydrogen-bond donors (Lipinski definition) is 1. The maximum Gasteiger partial charge on any atom is 0.295 e. The van der Waals surface area contributed by atoms with Crippen molar-refractivity contribution in [1.82, 2.24) is 9.55 Å². The summed E-state index contributed by atoms with van der Waals surface area (Å²) in [7, 11) is 0. The second-order valence-corrected chi connectivity index (χ2v) is 4.35. The summed E-state index contributed by atoms with van der Waals surface area (Å²) in [6.07, 6.45) is 4.40. The first-order valence-corrected chi connectivity index (χ1v) is 6.28. The molecule has 0 unspecified atom stereocenters. The van der Waals surface area contributed by atoms with Crippen LogP contribution in [0.1, 0.15) is 19.0 Å². The Balaban J connectivity index is 2.14. The fourth-order valence-electron chi connectivity index (χ4n) is 1.93. The van der Waals surface area contributed by atoms with E-state index in [1.165, 1.54) is 12.1 Å². The molecule has 1 heterocycles. The van der Waals surface area contributed by atoms with Crippen LogP contribution >= 0.6 is 0 Å². The molecule has 6 nitrogen and oxygen atoms in total. The standard InChI is InChI=1S/C13H15FN4O2/c1-2-5-17-9-15-7-11(17)8-16-12-4-3-10(14)6-13(12)18(19)20/h3-4,6-7,9,16H,2,5,8H2,1H3. The zero-order valence-electron chi connectivity index (χ0n) is 11.0. The highest BCUT2D eigenvalue weighted by Gasteiger charge is 2.15. The first-order chi connectivity index (χ1) is 9.61. The van der Waals surface area contributed by atoms with Crippen LogP contribution in [0.2, 0.25) is 0 Å². The van der Waals surface area contributed by atoms with Crippen LogP contribution in [0.15, 0.2) is 30.7 Å². The Labute approximate surface area is 115 Å². The molecule has 0 atom stereocenters. The van der Waals surface area contributed by atoms with Crippen LogP contribution in [0.25, 0.3) is 0 Å². The van der Waals surface area contributed by atoms with E-state index in [9.17, 15) is 14.5 Å². The average Bonchev–Trinajstić information content (AvgIpc) is 2.85. The zero-order chi connectivity index (χ0) is 14.5. The predicted octanol–water partition coefficient (Wildman–Crippen LogP) is 2.95. The van der Waals surface area contributed by atoms with E-state index in [0.29, 0.717) is 12.2 Å². The molecule has 1 aromatic heterocycles. The van der Waals surface area contributed by atoms with Crippen molar-refractivity contribution >= 4 is 11.4 Å². The normalized spacial score (nSPS) is 10.5. The number of hydrogen-bond acceptors (Lipinski definition) is 4. The van der Waals surface area contributed by atoms with Crippen LogP contribution in [-0.2, 0) is 13.1 Å². The molecule has 2 rings (SSSR count). The number of halogens is 1. The summed E-state index contributed by atoms with van der Waals surface area (Å²) in [5.41, 5.74) is 0.942.